The molecule has 0 unspecified atom stereocenters. The number of alkyl carbamates (subject to hydrolysis) is 1. The third-order valence-corrected chi connectivity index (χ3v) is 3.29. The van der Waals surface area contributed by atoms with Crippen LogP contribution in [0.25, 0.3) is 0 Å². The Morgan fingerprint density at radius 1 is 1.53 bits per heavy atom. The fourth-order valence-corrected chi connectivity index (χ4v) is 2.09. The van der Waals surface area contributed by atoms with E-state index in [-0.39, 0.29) is 6.09 Å². The van der Waals surface area contributed by atoms with Gasteiger partial charge in [-0.2, -0.15) is 0 Å². The van der Waals surface area contributed by atoms with Crippen molar-refractivity contribution >= 4 is 6.09 Å². The number of aromatic nitrogens is 2. The van der Waals surface area contributed by atoms with Crippen LogP contribution in [-0.2, 0) is 17.8 Å². The van der Waals surface area contributed by atoms with E-state index in [1.807, 2.05) is 27.1 Å². The van der Waals surface area contributed by atoms with E-state index in [1.54, 1.807) is 6.20 Å². The summed E-state index contributed by atoms with van der Waals surface area (Å²) in [4.78, 5) is 15.7. The van der Waals surface area contributed by atoms with Crippen LogP contribution in [-0.4, -0.2) is 21.2 Å². The number of carbonyl (C=O) groups is 1. The van der Waals surface area contributed by atoms with Gasteiger partial charge in [-0.15, -0.1) is 0 Å². The van der Waals surface area contributed by atoms with Crippen molar-refractivity contribution < 1.29 is 9.53 Å². The van der Waals surface area contributed by atoms with Gasteiger partial charge in [-0.1, -0.05) is 6.42 Å². The van der Waals surface area contributed by atoms with Crippen LogP contribution in [0.5, 0.6) is 0 Å². The van der Waals surface area contributed by atoms with Gasteiger partial charge < -0.3 is 14.6 Å². The van der Waals surface area contributed by atoms with Gasteiger partial charge in [0.1, 0.15) is 5.60 Å². The molecule has 0 aliphatic heterocycles. The summed E-state index contributed by atoms with van der Waals surface area (Å²) in [7, 11) is 0. The SMILES string of the molecule is CC(C)(C)OC(=O)NCc1cncn1CC1CCC1. The quantitative estimate of drug-likeness (QED) is 0.910. The van der Waals surface area contributed by atoms with Gasteiger partial charge >= 0.3 is 6.09 Å². The normalized spacial score (nSPS) is 15.9. The number of amides is 1. The molecule has 1 aliphatic carbocycles. The summed E-state index contributed by atoms with van der Waals surface area (Å²) < 4.78 is 7.34. The van der Waals surface area contributed by atoms with Crippen LogP contribution >= 0.6 is 0 Å². The van der Waals surface area contributed by atoms with E-state index >= 15 is 0 Å². The van der Waals surface area contributed by atoms with Crippen LogP contribution in [0.15, 0.2) is 12.5 Å². The van der Waals surface area contributed by atoms with Crippen molar-refractivity contribution in [2.45, 2.75) is 58.7 Å². The highest BCUT2D eigenvalue weighted by Gasteiger charge is 2.19. The maximum absolute atomic E-state index is 11.6. The standard InChI is InChI=1S/C14H23N3O2/c1-14(2,3)19-13(18)16-8-12-7-15-10-17(12)9-11-5-4-6-11/h7,10-11H,4-6,8-9H2,1-3H3,(H,16,18). The largest absolute Gasteiger partial charge is 0.444 e. The Bertz CT molecular complexity index is 430. The van der Waals surface area contributed by atoms with Crippen LogP contribution in [0.3, 0.4) is 0 Å². The zero-order chi connectivity index (χ0) is 13.9. The lowest BCUT2D eigenvalue weighted by atomic mass is 9.85. The molecule has 19 heavy (non-hydrogen) atoms. The first-order valence-electron chi connectivity index (χ1n) is 6.90. The van der Waals surface area contributed by atoms with Crippen molar-refractivity contribution in [2.75, 3.05) is 0 Å². The molecule has 1 aromatic heterocycles. The molecule has 2 rings (SSSR count). The van der Waals surface area contributed by atoms with Gasteiger partial charge in [-0.3, -0.25) is 0 Å². The van der Waals surface area contributed by atoms with Gasteiger partial charge in [0.15, 0.2) is 0 Å². The van der Waals surface area contributed by atoms with E-state index in [0.717, 1.165) is 18.2 Å². The second-order valence-corrected chi connectivity index (χ2v) is 6.19. The third-order valence-electron chi connectivity index (χ3n) is 3.29. The fraction of sp³-hybridized carbons (Fsp3) is 0.714. The molecule has 5 heteroatoms. The van der Waals surface area contributed by atoms with E-state index in [2.05, 4.69) is 14.9 Å². The van der Waals surface area contributed by atoms with Crippen molar-refractivity contribution in [2.24, 2.45) is 5.92 Å². The number of hydrogen-bond donors (Lipinski definition) is 1. The van der Waals surface area contributed by atoms with Crippen LogP contribution < -0.4 is 5.32 Å². The minimum Gasteiger partial charge on any atom is -0.444 e. The molecule has 0 bridgehead atoms. The van der Waals surface area contributed by atoms with Crippen LogP contribution in [0.1, 0.15) is 45.7 Å². The molecule has 0 atom stereocenters. The molecule has 106 valence electrons. The maximum atomic E-state index is 11.6. The minimum absolute atomic E-state index is 0.385. The first kappa shape index (κ1) is 13.9. The predicted octanol–water partition coefficient (Wildman–Crippen LogP) is 2.71. The molecule has 0 spiro atoms. The zero-order valence-electron chi connectivity index (χ0n) is 12.0. The molecular formula is C14H23N3O2. The molecule has 1 aromatic rings. The van der Waals surface area contributed by atoms with Gasteiger partial charge in [0, 0.05) is 12.7 Å². The summed E-state index contributed by atoms with van der Waals surface area (Å²) in [5, 5.41) is 2.77. The molecule has 1 amide bonds. The Balaban J connectivity index is 1.82. The van der Waals surface area contributed by atoms with E-state index in [1.165, 1.54) is 19.3 Å². The van der Waals surface area contributed by atoms with E-state index < -0.39 is 5.60 Å². The summed E-state index contributed by atoms with van der Waals surface area (Å²) in [5.41, 5.74) is 0.564. The Morgan fingerprint density at radius 2 is 2.26 bits per heavy atom. The van der Waals surface area contributed by atoms with Gasteiger partial charge in [0.25, 0.3) is 0 Å². The number of ether oxygens (including phenoxy) is 1. The summed E-state index contributed by atoms with van der Waals surface area (Å²) in [6.45, 7) is 7.03. The molecule has 0 aromatic carbocycles. The van der Waals surface area contributed by atoms with Gasteiger partial charge in [-0.25, -0.2) is 9.78 Å². The van der Waals surface area contributed by atoms with Crippen molar-refractivity contribution in [3.05, 3.63) is 18.2 Å². The zero-order valence-corrected chi connectivity index (χ0v) is 12.0. The van der Waals surface area contributed by atoms with Crippen LogP contribution in [0, 0.1) is 5.92 Å². The summed E-state index contributed by atoms with van der Waals surface area (Å²) >= 11 is 0. The summed E-state index contributed by atoms with van der Waals surface area (Å²) in [6.07, 6.45) is 7.20. The lowest BCUT2D eigenvalue weighted by molar-refractivity contribution is 0.0522. The second-order valence-electron chi connectivity index (χ2n) is 6.19. The predicted molar refractivity (Wildman–Crippen MR) is 72.6 cm³/mol. The smallest absolute Gasteiger partial charge is 0.407 e. The first-order valence-corrected chi connectivity index (χ1v) is 6.90. The Kier molecular flexibility index (Phi) is 4.12. The highest BCUT2D eigenvalue weighted by molar-refractivity contribution is 5.67. The van der Waals surface area contributed by atoms with Crippen molar-refractivity contribution in [3.8, 4) is 0 Å². The first-order chi connectivity index (χ1) is 8.94. The molecule has 1 heterocycles. The van der Waals surface area contributed by atoms with E-state index in [9.17, 15) is 4.79 Å². The van der Waals surface area contributed by atoms with E-state index in [0.29, 0.717) is 6.54 Å². The number of rotatable bonds is 4. The highest BCUT2D eigenvalue weighted by atomic mass is 16.6. The van der Waals surface area contributed by atoms with Crippen LogP contribution in [0.2, 0.25) is 0 Å². The second kappa shape index (κ2) is 5.63. The lowest BCUT2D eigenvalue weighted by Crippen LogP contribution is -2.32. The molecule has 0 radical (unpaired) electrons. The van der Waals surface area contributed by atoms with Gasteiger partial charge in [0.2, 0.25) is 0 Å². The topological polar surface area (TPSA) is 56.1 Å². The molecule has 1 aliphatic rings. The lowest BCUT2D eigenvalue weighted by Gasteiger charge is -2.26. The molecule has 1 N–H and O–H groups in total. The number of hydrogen-bond acceptors (Lipinski definition) is 3. The molecule has 1 saturated carbocycles. The monoisotopic (exact) mass is 265 g/mol. The number of carbonyl (C=O) groups excluding carboxylic acids is 1. The summed E-state index contributed by atoms with van der Waals surface area (Å²) in [5.74, 6) is 0.773. The van der Waals surface area contributed by atoms with E-state index in [4.69, 9.17) is 4.74 Å². The maximum Gasteiger partial charge on any atom is 0.407 e. The third kappa shape index (κ3) is 4.26. The van der Waals surface area contributed by atoms with Crippen molar-refractivity contribution in [1.82, 2.24) is 14.9 Å². The Labute approximate surface area is 114 Å². The minimum atomic E-state index is -0.462. The van der Waals surface area contributed by atoms with Gasteiger partial charge in [-0.05, 0) is 39.5 Å². The molecule has 1 fully saturated rings. The van der Waals surface area contributed by atoms with Crippen molar-refractivity contribution in [3.63, 3.8) is 0 Å². The Morgan fingerprint density at radius 3 is 2.84 bits per heavy atom. The fourth-order valence-electron chi connectivity index (χ4n) is 2.09. The van der Waals surface area contributed by atoms with Crippen LogP contribution in [0.4, 0.5) is 4.79 Å². The van der Waals surface area contributed by atoms with Gasteiger partial charge in [0.05, 0.1) is 18.6 Å². The molecular weight excluding hydrogens is 242 g/mol. The number of nitrogens with zero attached hydrogens (tertiary/aromatic N) is 2. The summed E-state index contributed by atoms with van der Waals surface area (Å²) in [6, 6.07) is 0. The van der Waals surface area contributed by atoms with Crippen molar-refractivity contribution in [1.29, 1.82) is 0 Å². The molecule has 5 nitrogen and oxygen atoms in total. The number of imidazole rings is 1. The highest BCUT2D eigenvalue weighted by Crippen LogP contribution is 2.28. The molecule has 0 saturated heterocycles. The average molecular weight is 265 g/mol. The Hall–Kier alpha value is -1.52. The average Bonchev–Trinajstić information content (AvgIpc) is 2.65. The number of nitrogens with one attached hydrogen (secondary N) is 1.